The van der Waals surface area contributed by atoms with Crippen LogP contribution < -0.4 is 4.74 Å². The summed E-state index contributed by atoms with van der Waals surface area (Å²) in [5.41, 5.74) is 1.17. The van der Waals surface area contributed by atoms with Crippen LogP contribution in [0.4, 0.5) is 0 Å². The van der Waals surface area contributed by atoms with Crippen LogP contribution in [0.15, 0.2) is 53.7 Å². The normalized spacial score (nSPS) is 16.2. The first-order valence-electron chi connectivity index (χ1n) is 10.4. The first-order chi connectivity index (χ1) is 15.1. The number of hydrogen-bond acceptors (Lipinski definition) is 6. The van der Waals surface area contributed by atoms with E-state index in [0.717, 1.165) is 55.0 Å². The summed E-state index contributed by atoms with van der Waals surface area (Å²) in [6, 6.07) is 15.5. The lowest BCUT2D eigenvalue weighted by molar-refractivity contribution is 0.0934. The lowest BCUT2D eigenvalue weighted by Crippen LogP contribution is -2.23. The summed E-state index contributed by atoms with van der Waals surface area (Å²) in [7, 11) is 2.09. The van der Waals surface area contributed by atoms with Crippen LogP contribution in [-0.4, -0.2) is 45.7 Å². The van der Waals surface area contributed by atoms with Crippen molar-refractivity contribution < 1.29 is 9.47 Å². The van der Waals surface area contributed by atoms with Crippen molar-refractivity contribution >= 4 is 23.4 Å². The van der Waals surface area contributed by atoms with E-state index in [2.05, 4.69) is 38.8 Å². The molecular weight excluding hydrogens is 432 g/mol. The molecule has 6 nitrogen and oxygen atoms in total. The maximum Gasteiger partial charge on any atom is 0.191 e. The van der Waals surface area contributed by atoms with E-state index < -0.39 is 0 Å². The molecule has 31 heavy (non-hydrogen) atoms. The molecule has 0 bridgehead atoms. The minimum absolute atomic E-state index is 0.257. The van der Waals surface area contributed by atoms with Crippen molar-refractivity contribution in [2.75, 3.05) is 19.9 Å². The van der Waals surface area contributed by atoms with Crippen LogP contribution in [0, 0.1) is 0 Å². The van der Waals surface area contributed by atoms with E-state index in [9.17, 15) is 0 Å². The fraction of sp³-hybridized carbons (Fsp3) is 0.391. The van der Waals surface area contributed by atoms with Crippen LogP contribution in [0.5, 0.6) is 11.5 Å². The molecule has 1 aromatic heterocycles. The van der Waals surface area contributed by atoms with Crippen molar-refractivity contribution in [1.82, 2.24) is 19.7 Å². The van der Waals surface area contributed by atoms with E-state index >= 15 is 0 Å². The molecule has 0 amide bonds. The monoisotopic (exact) mass is 458 g/mol. The van der Waals surface area contributed by atoms with Gasteiger partial charge in [-0.3, -0.25) is 4.90 Å². The smallest absolute Gasteiger partial charge is 0.191 e. The topological polar surface area (TPSA) is 52.4 Å². The average molecular weight is 459 g/mol. The van der Waals surface area contributed by atoms with Gasteiger partial charge in [-0.25, -0.2) is 0 Å². The molecule has 4 rings (SSSR count). The molecule has 1 unspecified atom stereocenters. The van der Waals surface area contributed by atoms with Gasteiger partial charge in [0, 0.05) is 18.2 Å². The first kappa shape index (κ1) is 22.1. The Morgan fingerprint density at radius 3 is 2.74 bits per heavy atom. The molecule has 0 saturated carbocycles. The Kier molecular flexibility index (Phi) is 7.50. The highest BCUT2D eigenvalue weighted by Gasteiger charge is 2.21. The van der Waals surface area contributed by atoms with Gasteiger partial charge in [-0.1, -0.05) is 35.5 Å². The van der Waals surface area contributed by atoms with Gasteiger partial charge in [0.1, 0.15) is 17.3 Å². The van der Waals surface area contributed by atoms with Crippen LogP contribution in [0.3, 0.4) is 0 Å². The van der Waals surface area contributed by atoms with Crippen molar-refractivity contribution in [2.24, 2.45) is 0 Å². The molecule has 1 aliphatic rings. The highest BCUT2D eigenvalue weighted by atomic mass is 35.5. The van der Waals surface area contributed by atoms with Crippen molar-refractivity contribution in [3.05, 3.63) is 64.9 Å². The average Bonchev–Trinajstić information content (AvgIpc) is 3.41. The van der Waals surface area contributed by atoms with E-state index in [1.165, 1.54) is 5.56 Å². The maximum atomic E-state index is 5.96. The number of nitrogens with zero attached hydrogens (tertiary/aromatic N) is 4. The lowest BCUT2D eigenvalue weighted by Gasteiger charge is -2.19. The second-order valence-electron chi connectivity index (χ2n) is 7.72. The summed E-state index contributed by atoms with van der Waals surface area (Å²) in [5, 5.41) is 10.5. The maximum absolute atomic E-state index is 5.96. The molecule has 1 aliphatic heterocycles. The van der Waals surface area contributed by atoms with Crippen LogP contribution in [0.2, 0.25) is 5.02 Å². The van der Waals surface area contributed by atoms with E-state index in [1.54, 1.807) is 11.8 Å². The van der Waals surface area contributed by atoms with Gasteiger partial charge in [0.15, 0.2) is 5.16 Å². The van der Waals surface area contributed by atoms with E-state index in [4.69, 9.17) is 21.1 Å². The Hall–Kier alpha value is -2.06. The SMILES string of the molecule is CSc1nnc(CN(C)Cc2cccc(Oc3ccc(Cl)cc3)c2)n1CC1CCCO1. The van der Waals surface area contributed by atoms with Gasteiger partial charge < -0.3 is 14.0 Å². The fourth-order valence-electron chi connectivity index (χ4n) is 3.72. The molecule has 0 spiro atoms. The third-order valence-electron chi connectivity index (χ3n) is 5.20. The zero-order valence-electron chi connectivity index (χ0n) is 17.8. The predicted octanol–water partition coefficient (Wildman–Crippen LogP) is 5.26. The summed E-state index contributed by atoms with van der Waals surface area (Å²) < 4.78 is 14.0. The lowest BCUT2D eigenvalue weighted by atomic mass is 10.2. The molecule has 1 atom stereocenters. The molecule has 0 N–H and O–H groups in total. The van der Waals surface area contributed by atoms with Crippen LogP contribution in [-0.2, 0) is 24.4 Å². The predicted molar refractivity (Wildman–Crippen MR) is 124 cm³/mol. The standard InChI is InChI=1S/C23H27ClN4O2S/c1-27(16-22-25-26-23(31-2)28(22)15-21-7-4-12-29-21)14-17-5-3-6-20(13-17)30-19-10-8-18(24)9-11-19/h3,5-6,8-11,13,21H,4,7,12,14-16H2,1-2H3. The molecule has 1 fully saturated rings. The quantitative estimate of drug-likeness (QED) is 0.408. The van der Waals surface area contributed by atoms with Crippen molar-refractivity contribution in [3.63, 3.8) is 0 Å². The van der Waals surface area contributed by atoms with E-state index in [1.807, 2.05) is 42.7 Å². The number of hydrogen-bond donors (Lipinski definition) is 0. The number of benzene rings is 2. The number of rotatable bonds is 9. The Balaban J connectivity index is 1.40. The minimum Gasteiger partial charge on any atom is -0.457 e. The molecule has 164 valence electrons. The van der Waals surface area contributed by atoms with Crippen LogP contribution in [0.1, 0.15) is 24.2 Å². The fourth-order valence-corrected chi connectivity index (χ4v) is 4.37. The van der Waals surface area contributed by atoms with E-state index in [-0.39, 0.29) is 6.10 Å². The second kappa shape index (κ2) is 10.5. The molecule has 2 aromatic carbocycles. The highest BCUT2D eigenvalue weighted by Crippen LogP contribution is 2.25. The third-order valence-corrected chi connectivity index (χ3v) is 6.12. The van der Waals surface area contributed by atoms with Crippen molar-refractivity contribution in [2.45, 2.75) is 43.7 Å². The number of thioether (sulfide) groups is 1. The number of halogens is 1. The Morgan fingerprint density at radius 2 is 2.00 bits per heavy atom. The summed E-state index contributed by atoms with van der Waals surface area (Å²) in [6.07, 6.45) is 4.52. The van der Waals surface area contributed by atoms with Gasteiger partial charge in [-0.2, -0.15) is 0 Å². The van der Waals surface area contributed by atoms with Gasteiger partial charge in [-0.15, -0.1) is 10.2 Å². The highest BCUT2D eigenvalue weighted by molar-refractivity contribution is 7.98. The van der Waals surface area contributed by atoms with Gasteiger partial charge in [-0.05, 0) is 68.1 Å². The Bertz CT molecular complexity index is 989. The molecule has 0 aliphatic carbocycles. The zero-order chi connectivity index (χ0) is 21.6. The Labute approximate surface area is 192 Å². The zero-order valence-corrected chi connectivity index (χ0v) is 19.4. The van der Waals surface area contributed by atoms with Gasteiger partial charge in [0.05, 0.1) is 19.2 Å². The summed E-state index contributed by atoms with van der Waals surface area (Å²) in [5.74, 6) is 2.54. The summed E-state index contributed by atoms with van der Waals surface area (Å²) >= 11 is 7.58. The molecule has 3 aromatic rings. The first-order valence-corrected chi connectivity index (χ1v) is 12.0. The molecule has 8 heteroatoms. The van der Waals surface area contributed by atoms with E-state index in [0.29, 0.717) is 11.6 Å². The van der Waals surface area contributed by atoms with Crippen molar-refractivity contribution in [1.29, 1.82) is 0 Å². The third kappa shape index (κ3) is 6.01. The van der Waals surface area contributed by atoms with Gasteiger partial charge in [0.2, 0.25) is 0 Å². The molecular formula is C23H27ClN4O2S. The van der Waals surface area contributed by atoms with Gasteiger partial charge >= 0.3 is 0 Å². The number of aromatic nitrogens is 3. The second-order valence-corrected chi connectivity index (χ2v) is 8.93. The Morgan fingerprint density at radius 1 is 1.16 bits per heavy atom. The summed E-state index contributed by atoms with van der Waals surface area (Å²) in [4.78, 5) is 2.24. The molecule has 0 radical (unpaired) electrons. The van der Waals surface area contributed by atoms with Crippen molar-refractivity contribution in [3.8, 4) is 11.5 Å². The van der Waals surface area contributed by atoms with Crippen LogP contribution in [0.25, 0.3) is 0 Å². The molecule has 1 saturated heterocycles. The minimum atomic E-state index is 0.257. The largest absolute Gasteiger partial charge is 0.457 e. The van der Waals surface area contributed by atoms with Crippen LogP contribution >= 0.6 is 23.4 Å². The number of ether oxygens (including phenoxy) is 2. The molecule has 2 heterocycles. The van der Waals surface area contributed by atoms with Gasteiger partial charge in [0.25, 0.3) is 0 Å². The summed E-state index contributed by atoms with van der Waals surface area (Å²) in [6.45, 7) is 3.16.